The quantitative estimate of drug-likeness (QED) is 0.543. The summed E-state index contributed by atoms with van der Waals surface area (Å²) in [5.41, 5.74) is 2.04. The summed E-state index contributed by atoms with van der Waals surface area (Å²) in [7, 11) is 0. The third kappa shape index (κ3) is 6.61. The van der Waals surface area contributed by atoms with Gasteiger partial charge in [-0.2, -0.15) is 0 Å². The maximum Gasteiger partial charge on any atom is 0.407 e. The van der Waals surface area contributed by atoms with E-state index in [-0.39, 0.29) is 24.9 Å². The molecule has 1 aliphatic heterocycles. The van der Waals surface area contributed by atoms with Crippen molar-refractivity contribution in [1.82, 2.24) is 15.5 Å². The molecule has 2 aromatic carbocycles. The Kier molecular flexibility index (Phi) is 8.36. The predicted octanol–water partition coefficient (Wildman–Crippen LogP) is 3.24. The third-order valence-electron chi connectivity index (χ3n) is 5.52. The van der Waals surface area contributed by atoms with Crippen LogP contribution in [0, 0.1) is 11.8 Å². The van der Waals surface area contributed by atoms with Crippen LogP contribution in [0.25, 0.3) is 0 Å². The molecule has 1 saturated heterocycles. The number of amides is 3. The molecule has 170 valence electrons. The highest BCUT2D eigenvalue weighted by Gasteiger charge is 2.43. The number of nitrogens with one attached hydrogen (secondary N) is 2. The maximum atomic E-state index is 12.8. The number of nitrogens with zero attached hydrogens (tertiary/aromatic N) is 1. The maximum absolute atomic E-state index is 12.8. The highest BCUT2D eigenvalue weighted by atomic mass is 35.5. The lowest BCUT2D eigenvalue weighted by molar-refractivity contribution is -0.132. The topological polar surface area (TPSA) is 98.7 Å². The SMILES string of the molecule is O=C(NCCc1ccc(Cl)cc1)[C@H]1CN(C(=O)O)C[C@@H]1C(=O)NCCc1ccc(Cl)cc1. The van der Waals surface area contributed by atoms with Crippen LogP contribution in [0.4, 0.5) is 4.79 Å². The smallest absolute Gasteiger partial charge is 0.407 e. The number of hydrogen-bond acceptors (Lipinski definition) is 3. The minimum absolute atomic E-state index is 0.00260. The zero-order chi connectivity index (χ0) is 23.1. The molecule has 0 aliphatic carbocycles. The first-order valence-electron chi connectivity index (χ1n) is 10.4. The summed E-state index contributed by atoms with van der Waals surface area (Å²) in [6.07, 6.45) is 0.0762. The van der Waals surface area contributed by atoms with Crippen LogP contribution in [-0.2, 0) is 22.4 Å². The van der Waals surface area contributed by atoms with Gasteiger partial charge in [-0.05, 0) is 48.2 Å². The first kappa shape index (κ1) is 23.9. The lowest BCUT2D eigenvalue weighted by Gasteiger charge is -2.17. The van der Waals surface area contributed by atoms with Gasteiger partial charge in [0.2, 0.25) is 11.8 Å². The van der Waals surface area contributed by atoms with Crippen molar-refractivity contribution >= 4 is 41.1 Å². The van der Waals surface area contributed by atoms with Gasteiger partial charge in [0.1, 0.15) is 0 Å². The molecule has 0 spiro atoms. The summed E-state index contributed by atoms with van der Waals surface area (Å²) >= 11 is 11.8. The minimum Gasteiger partial charge on any atom is -0.465 e. The Morgan fingerprint density at radius 1 is 0.781 bits per heavy atom. The standard InChI is InChI=1S/C23H25Cl2N3O4/c24-17-5-1-15(2-6-17)9-11-26-21(29)19-13-28(23(31)32)14-20(19)22(30)27-12-10-16-3-7-18(25)8-4-16/h1-8,19-20H,9-14H2,(H,26,29)(H,27,30)(H,31,32)/t19-,20-/m0/s1. The van der Waals surface area contributed by atoms with Gasteiger partial charge in [0.05, 0.1) is 11.8 Å². The molecular formula is C23H25Cl2N3O4. The van der Waals surface area contributed by atoms with E-state index in [0.717, 1.165) is 16.0 Å². The molecule has 3 N–H and O–H groups in total. The average molecular weight is 478 g/mol. The van der Waals surface area contributed by atoms with E-state index in [0.29, 0.717) is 36.0 Å². The molecule has 9 heteroatoms. The molecule has 0 saturated carbocycles. The van der Waals surface area contributed by atoms with Crippen LogP contribution < -0.4 is 10.6 Å². The van der Waals surface area contributed by atoms with Crippen molar-refractivity contribution in [1.29, 1.82) is 0 Å². The molecule has 0 unspecified atom stereocenters. The Morgan fingerprint density at radius 3 is 1.50 bits per heavy atom. The van der Waals surface area contributed by atoms with Crippen molar-refractivity contribution in [2.75, 3.05) is 26.2 Å². The molecule has 2 atom stereocenters. The normalized spacial score (nSPS) is 17.8. The van der Waals surface area contributed by atoms with Gasteiger partial charge in [-0.15, -0.1) is 0 Å². The van der Waals surface area contributed by atoms with Crippen molar-refractivity contribution in [3.05, 3.63) is 69.7 Å². The number of carboxylic acid groups (broad SMARTS) is 1. The first-order valence-corrected chi connectivity index (χ1v) is 11.1. The molecule has 1 aliphatic rings. The molecule has 7 nitrogen and oxygen atoms in total. The second-order valence-electron chi connectivity index (χ2n) is 7.74. The summed E-state index contributed by atoms with van der Waals surface area (Å²) in [4.78, 5) is 38.1. The number of carbonyl (C=O) groups is 3. The zero-order valence-corrected chi connectivity index (χ0v) is 18.9. The molecule has 0 bridgehead atoms. The minimum atomic E-state index is -1.14. The molecule has 32 heavy (non-hydrogen) atoms. The Labute approximate surface area is 196 Å². The third-order valence-corrected chi connectivity index (χ3v) is 6.02. The van der Waals surface area contributed by atoms with Gasteiger partial charge >= 0.3 is 6.09 Å². The lowest BCUT2D eigenvalue weighted by Crippen LogP contribution is -2.42. The Balaban J connectivity index is 1.53. The van der Waals surface area contributed by atoms with Crippen LogP contribution in [-0.4, -0.2) is 54.1 Å². The van der Waals surface area contributed by atoms with Crippen molar-refractivity contribution in [2.24, 2.45) is 11.8 Å². The Hall–Kier alpha value is -2.77. The number of hydrogen-bond donors (Lipinski definition) is 3. The molecule has 3 rings (SSSR count). The highest BCUT2D eigenvalue weighted by Crippen LogP contribution is 2.24. The molecule has 0 radical (unpaired) electrons. The van der Waals surface area contributed by atoms with Crippen LogP contribution >= 0.6 is 23.2 Å². The van der Waals surface area contributed by atoms with E-state index in [9.17, 15) is 19.5 Å². The number of benzene rings is 2. The fraction of sp³-hybridized carbons (Fsp3) is 0.348. The number of rotatable bonds is 8. The van der Waals surface area contributed by atoms with E-state index in [4.69, 9.17) is 23.2 Å². The van der Waals surface area contributed by atoms with Gasteiger partial charge in [-0.1, -0.05) is 47.5 Å². The molecule has 1 heterocycles. The van der Waals surface area contributed by atoms with E-state index in [1.807, 2.05) is 24.3 Å². The summed E-state index contributed by atoms with van der Waals surface area (Å²) in [5.74, 6) is -2.10. The van der Waals surface area contributed by atoms with E-state index < -0.39 is 17.9 Å². The van der Waals surface area contributed by atoms with Gasteiger partial charge in [0.15, 0.2) is 0 Å². The molecule has 3 amide bonds. The summed E-state index contributed by atoms with van der Waals surface area (Å²) < 4.78 is 0. The van der Waals surface area contributed by atoms with Crippen LogP contribution in [0.3, 0.4) is 0 Å². The van der Waals surface area contributed by atoms with E-state index in [1.165, 1.54) is 0 Å². The van der Waals surface area contributed by atoms with Crippen LogP contribution in [0.1, 0.15) is 11.1 Å². The lowest BCUT2D eigenvalue weighted by atomic mass is 9.94. The zero-order valence-electron chi connectivity index (χ0n) is 17.4. The second kappa shape index (κ2) is 11.2. The highest BCUT2D eigenvalue weighted by molar-refractivity contribution is 6.30. The summed E-state index contributed by atoms with van der Waals surface area (Å²) in [6.45, 7) is 0.763. The van der Waals surface area contributed by atoms with E-state index >= 15 is 0 Å². The summed E-state index contributed by atoms with van der Waals surface area (Å²) in [6, 6.07) is 14.7. The summed E-state index contributed by atoms with van der Waals surface area (Å²) in [5, 5.41) is 16.3. The van der Waals surface area contributed by atoms with E-state index in [1.54, 1.807) is 24.3 Å². The Bertz CT molecular complexity index is 879. The largest absolute Gasteiger partial charge is 0.465 e. The number of likely N-dealkylation sites (tertiary alicyclic amines) is 1. The monoisotopic (exact) mass is 477 g/mol. The molecule has 0 aromatic heterocycles. The van der Waals surface area contributed by atoms with Crippen LogP contribution in [0.5, 0.6) is 0 Å². The van der Waals surface area contributed by atoms with Crippen LogP contribution in [0.15, 0.2) is 48.5 Å². The van der Waals surface area contributed by atoms with Crippen molar-refractivity contribution in [3.63, 3.8) is 0 Å². The van der Waals surface area contributed by atoms with Gasteiger partial charge < -0.3 is 20.6 Å². The van der Waals surface area contributed by atoms with Crippen molar-refractivity contribution in [2.45, 2.75) is 12.8 Å². The van der Waals surface area contributed by atoms with Gasteiger partial charge in [-0.3, -0.25) is 9.59 Å². The molecular weight excluding hydrogens is 453 g/mol. The van der Waals surface area contributed by atoms with Gasteiger partial charge in [0.25, 0.3) is 0 Å². The predicted molar refractivity (Wildman–Crippen MR) is 123 cm³/mol. The van der Waals surface area contributed by atoms with Crippen molar-refractivity contribution < 1.29 is 19.5 Å². The number of halogens is 2. The fourth-order valence-corrected chi connectivity index (χ4v) is 3.97. The van der Waals surface area contributed by atoms with Crippen LogP contribution in [0.2, 0.25) is 10.0 Å². The van der Waals surface area contributed by atoms with E-state index in [2.05, 4.69) is 10.6 Å². The van der Waals surface area contributed by atoms with Gasteiger partial charge in [0, 0.05) is 36.2 Å². The second-order valence-corrected chi connectivity index (χ2v) is 8.61. The Morgan fingerprint density at radius 2 is 1.16 bits per heavy atom. The average Bonchev–Trinajstić information content (AvgIpc) is 3.22. The van der Waals surface area contributed by atoms with Crippen molar-refractivity contribution in [3.8, 4) is 0 Å². The molecule has 1 fully saturated rings. The molecule has 2 aromatic rings. The van der Waals surface area contributed by atoms with Gasteiger partial charge in [-0.25, -0.2) is 4.79 Å². The first-order chi connectivity index (χ1) is 15.3. The number of carbonyl (C=O) groups excluding carboxylic acids is 2. The fourth-order valence-electron chi connectivity index (χ4n) is 3.72.